The number of anilines is 1. The summed E-state index contributed by atoms with van der Waals surface area (Å²) < 4.78 is 29.3. The number of hydrogen-bond donors (Lipinski definition) is 1. The fourth-order valence-corrected chi connectivity index (χ4v) is 6.80. The zero-order chi connectivity index (χ0) is 32.4. The van der Waals surface area contributed by atoms with Gasteiger partial charge in [-0.2, -0.15) is 0 Å². The molecule has 1 unspecified atom stereocenters. The second kappa shape index (κ2) is 15.9. The number of carbonyl (C=O) groups is 2. The molecule has 0 aliphatic rings. The molecule has 0 bridgehead atoms. The van der Waals surface area contributed by atoms with E-state index in [-0.39, 0.29) is 39.5 Å². The van der Waals surface area contributed by atoms with Crippen LogP contribution in [0.5, 0.6) is 0 Å². The van der Waals surface area contributed by atoms with Gasteiger partial charge in [0.05, 0.1) is 10.6 Å². The van der Waals surface area contributed by atoms with Crippen LogP contribution in [0.25, 0.3) is 0 Å². The normalized spacial score (nSPS) is 11.9. The highest BCUT2D eigenvalue weighted by atomic mass is 35.5. The van der Waals surface area contributed by atoms with Crippen molar-refractivity contribution in [3.05, 3.63) is 130 Å². The van der Waals surface area contributed by atoms with Crippen LogP contribution in [-0.4, -0.2) is 44.3 Å². The SMILES string of the molecule is CCCCNC(=O)C(Cc1ccccc1)N(Cc1ccccc1)C(=O)CN(c1cc(Cl)cc(Cl)c1)S(=O)(=O)c1ccc(C)cc1. The first kappa shape index (κ1) is 34.0. The second-order valence-corrected chi connectivity index (χ2v) is 13.5. The Morgan fingerprint density at radius 1 is 0.822 bits per heavy atom. The van der Waals surface area contributed by atoms with E-state index in [4.69, 9.17) is 23.2 Å². The molecule has 1 N–H and O–H groups in total. The maximum absolute atomic E-state index is 14.5. The van der Waals surface area contributed by atoms with E-state index in [9.17, 15) is 18.0 Å². The molecular formula is C35H37Cl2N3O4S. The summed E-state index contributed by atoms with van der Waals surface area (Å²) in [5.74, 6) is -0.868. The summed E-state index contributed by atoms with van der Waals surface area (Å²) >= 11 is 12.6. The van der Waals surface area contributed by atoms with Crippen LogP contribution in [0.2, 0.25) is 10.0 Å². The van der Waals surface area contributed by atoms with Gasteiger partial charge in [0.25, 0.3) is 10.0 Å². The summed E-state index contributed by atoms with van der Waals surface area (Å²) in [6.07, 6.45) is 1.92. The van der Waals surface area contributed by atoms with Gasteiger partial charge in [-0.25, -0.2) is 8.42 Å². The standard InChI is InChI=1S/C35H37Cl2N3O4S/c1-3-4-19-38-35(42)33(20-27-11-7-5-8-12-27)39(24-28-13-9-6-10-14-28)34(41)25-40(31-22-29(36)21-30(37)23-31)45(43,44)32-17-15-26(2)16-18-32/h5-18,21-23,33H,3-4,19-20,24-25H2,1-2H3,(H,38,42). The van der Waals surface area contributed by atoms with Gasteiger partial charge >= 0.3 is 0 Å². The van der Waals surface area contributed by atoms with Gasteiger partial charge in [-0.1, -0.05) is 115 Å². The number of carbonyl (C=O) groups excluding carboxylic acids is 2. The van der Waals surface area contributed by atoms with Crippen LogP contribution >= 0.6 is 23.2 Å². The summed E-state index contributed by atoms with van der Waals surface area (Å²) in [6, 6.07) is 28.6. The number of nitrogens with zero attached hydrogens (tertiary/aromatic N) is 2. The van der Waals surface area contributed by atoms with Crippen molar-refractivity contribution in [1.29, 1.82) is 0 Å². The fraction of sp³-hybridized carbons (Fsp3) is 0.257. The van der Waals surface area contributed by atoms with E-state index >= 15 is 0 Å². The summed E-state index contributed by atoms with van der Waals surface area (Å²) in [5.41, 5.74) is 2.68. The minimum absolute atomic E-state index is 0.00440. The van der Waals surface area contributed by atoms with Crippen LogP contribution in [0.1, 0.15) is 36.5 Å². The molecule has 0 spiro atoms. The predicted molar refractivity (Wildman–Crippen MR) is 181 cm³/mol. The maximum atomic E-state index is 14.5. The van der Waals surface area contributed by atoms with Crippen molar-refractivity contribution in [3.63, 3.8) is 0 Å². The lowest BCUT2D eigenvalue weighted by molar-refractivity contribution is -0.140. The van der Waals surface area contributed by atoms with E-state index in [1.54, 1.807) is 12.1 Å². The first-order valence-corrected chi connectivity index (χ1v) is 17.0. The smallest absolute Gasteiger partial charge is 0.264 e. The number of unbranched alkanes of at least 4 members (excludes halogenated alkanes) is 1. The molecule has 10 heteroatoms. The van der Waals surface area contributed by atoms with Crippen molar-refractivity contribution >= 4 is 50.7 Å². The first-order chi connectivity index (χ1) is 21.6. The van der Waals surface area contributed by atoms with Crippen molar-refractivity contribution in [2.45, 2.75) is 50.6 Å². The Morgan fingerprint density at radius 2 is 1.40 bits per heavy atom. The third-order valence-corrected chi connectivity index (χ3v) is 9.54. The van der Waals surface area contributed by atoms with E-state index in [1.165, 1.54) is 35.2 Å². The maximum Gasteiger partial charge on any atom is 0.264 e. The molecule has 0 heterocycles. The van der Waals surface area contributed by atoms with Crippen molar-refractivity contribution in [1.82, 2.24) is 10.2 Å². The van der Waals surface area contributed by atoms with Gasteiger partial charge in [-0.15, -0.1) is 0 Å². The van der Waals surface area contributed by atoms with Crippen LogP contribution in [0, 0.1) is 6.92 Å². The molecule has 0 saturated heterocycles. The molecule has 0 aliphatic heterocycles. The Hall–Kier alpha value is -3.85. The monoisotopic (exact) mass is 665 g/mol. The molecule has 236 valence electrons. The lowest BCUT2D eigenvalue weighted by Crippen LogP contribution is -2.53. The number of rotatable bonds is 14. The average Bonchev–Trinajstić information content (AvgIpc) is 3.02. The van der Waals surface area contributed by atoms with Gasteiger partial charge in [0.15, 0.2) is 0 Å². The Bertz CT molecular complexity index is 1670. The third kappa shape index (κ3) is 9.33. The molecule has 1 atom stereocenters. The molecule has 4 aromatic carbocycles. The molecule has 0 saturated carbocycles. The fourth-order valence-electron chi connectivity index (χ4n) is 4.89. The van der Waals surface area contributed by atoms with Crippen LogP contribution in [0.15, 0.2) is 108 Å². The molecule has 2 amide bonds. The van der Waals surface area contributed by atoms with Crippen LogP contribution in [-0.2, 0) is 32.6 Å². The van der Waals surface area contributed by atoms with Crippen molar-refractivity contribution in [2.75, 3.05) is 17.4 Å². The minimum atomic E-state index is -4.26. The molecule has 45 heavy (non-hydrogen) atoms. The molecule has 0 fully saturated rings. The van der Waals surface area contributed by atoms with Crippen LogP contribution in [0.3, 0.4) is 0 Å². The number of benzene rings is 4. The summed E-state index contributed by atoms with van der Waals surface area (Å²) in [7, 11) is -4.26. The largest absolute Gasteiger partial charge is 0.354 e. The number of aryl methyl sites for hydroxylation is 1. The zero-order valence-electron chi connectivity index (χ0n) is 25.3. The molecule has 4 aromatic rings. The van der Waals surface area contributed by atoms with Gasteiger partial charge in [-0.05, 0) is 54.8 Å². The van der Waals surface area contributed by atoms with E-state index in [0.29, 0.717) is 6.54 Å². The first-order valence-electron chi connectivity index (χ1n) is 14.8. The van der Waals surface area contributed by atoms with E-state index in [0.717, 1.165) is 33.8 Å². The Kier molecular flexibility index (Phi) is 12.0. The second-order valence-electron chi connectivity index (χ2n) is 10.8. The highest BCUT2D eigenvalue weighted by Crippen LogP contribution is 2.30. The average molecular weight is 667 g/mol. The van der Waals surface area contributed by atoms with Crippen molar-refractivity contribution < 1.29 is 18.0 Å². The Labute approximate surface area is 275 Å². The number of sulfonamides is 1. The van der Waals surface area contributed by atoms with Crippen LogP contribution in [0.4, 0.5) is 5.69 Å². The minimum Gasteiger partial charge on any atom is -0.354 e. The van der Waals surface area contributed by atoms with Gasteiger partial charge in [-0.3, -0.25) is 13.9 Å². The third-order valence-electron chi connectivity index (χ3n) is 7.32. The lowest BCUT2D eigenvalue weighted by Gasteiger charge is -2.34. The van der Waals surface area contributed by atoms with Crippen molar-refractivity contribution in [2.24, 2.45) is 0 Å². The number of nitrogens with one attached hydrogen (secondary N) is 1. The number of hydrogen-bond acceptors (Lipinski definition) is 4. The molecular weight excluding hydrogens is 629 g/mol. The highest BCUT2D eigenvalue weighted by Gasteiger charge is 2.34. The summed E-state index contributed by atoms with van der Waals surface area (Å²) in [6.45, 7) is 3.85. The van der Waals surface area contributed by atoms with Gasteiger partial charge < -0.3 is 10.2 Å². The number of halogens is 2. The summed E-state index contributed by atoms with van der Waals surface area (Å²) in [4.78, 5) is 29.7. The topological polar surface area (TPSA) is 86.8 Å². The molecule has 7 nitrogen and oxygen atoms in total. The van der Waals surface area contributed by atoms with Gasteiger partial charge in [0.1, 0.15) is 12.6 Å². The Balaban J connectivity index is 1.80. The number of amides is 2. The van der Waals surface area contributed by atoms with E-state index < -0.39 is 28.5 Å². The van der Waals surface area contributed by atoms with Crippen LogP contribution < -0.4 is 9.62 Å². The zero-order valence-corrected chi connectivity index (χ0v) is 27.7. The molecule has 0 radical (unpaired) electrons. The molecule has 0 aromatic heterocycles. The Morgan fingerprint density at radius 3 is 1.98 bits per heavy atom. The van der Waals surface area contributed by atoms with Gasteiger partial charge in [0.2, 0.25) is 11.8 Å². The van der Waals surface area contributed by atoms with Crippen molar-refractivity contribution in [3.8, 4) is 0 Å². The quantitative estimate of drug-likeness (QED) is 0.146. The molecule has 4 rings (SSSR count). The lowest BCUT2D eigenvalue weighted by atomic mass is 10.0. The summed E-state index contributed by atoms with van der Waals surface area (Å²) in [5, 5.41) is 3.42. The van der Waals surface area contributed by atoms with E-state index in [2.05, 4.69) is 5.32 Å². The highest BCUT2D eigenvalue weighted by molar-refractivity contribution is 7.92. The predicted octanol–water partition coefficient (Wildman–Crippen LogP) is 7.05. The molecule has 0 aliphatic carbocycles. The van der Waals surface area contributed by atoms with E-state index in [1.807, 2.05) is 74.5 Å². The van der Waals surface area contributed by atoms with Gasteiger partial charge in [0, 0.05) is 29.6 Å².